The molecule has 1 unspecified atom stereocenters. The average molecular weight is 339 g/mol. The highest BCUT2D eigenvalue weighted by atomic mass is 35.5. The molecule has 126 valence electrons. The Bertz CT molecular complexity index is 579. The number of halogens is 1. The fourth-order valence-corrected chi connectivity index (χ4v) is 3.53. The van der Waals surface area contributed by atoms with Crippen LogP contribution in [0.3, 0.4) is 0 Å². The molecule has 2 aliphatic heterocycles. The smallest absolute Gasteiger partial charge is 0.317 e. The summed E-state index contributed by atoms with van der Waals surface area (Å²) < 4.78 is 11.1. The predicted octanol–water partition coefficient (Wildman–Crippen LogP) is 3.59. The molecule has 1 N–H and O–H groups in total. The third-order valence-corrected chi connectivity index (χ3v) is 4.74. The number of carbonyl (C=O) groups is 1. The molecule has 23 heavy (non-hydrogen) atoms. The number of nitrogens with one attached hydrogen (secondary N) is 1. The van der Waals surface area contributed by atoms with E-state index in [4.69, 9.17) is 21.1 Å². The van der Waals surface area contributed by atoms with E-state index >= 15 is 0 Å². The summed E-state index contributed by atoms with van der Waals surface area (Å²) in [5, 5.41) is 3.52. The standard InChI is InChI=1S/C17H23ClN2O3/c1-2-13-5-3-4-6-20(13)17(21)19-11-12-9-14(18)16-15(10-12)22-7-8-23-16/h9-10,13H,2-8,11H2,1H3,(H,19,21). The minimum atomic E-state index is 0.00237. The van der Waals surface area contributed by atoms with Crippen LogP contribution in [0.25, 0.3) is 0 Å². The molecule has 6 heteroatoms. The lowest BCUT2D eigenvalue weighted by atomic mass is 10.0. The van der Waals surface area contributed by atoms with E-state index in [-0.39, 0.29) is 6.03 Å². The van der Waals surface area contributed by atoms with Crippen LogP contribution in [0.2, 0.25) is 5.02 Å². The van der Waals surface area contributed by atoms with Crippen molar-refractivity contribution in [1.82, 2.24) is 10.2 Å². The first-order valence-corrected chi connectivity index (χ1v) is 8.69. The molecule has 1 aromatic rings. The van der Waals surface area contributed by atoms with Crippen molar-refractivity contribution >= 4 is 17.6 Å². The van der Waals surface area contributed by atoms with Gasteiger partial charge in [-0.2, -0.15) is 0 Å². The van der Waals surface area contributed by atoms with Gasteiger partial charge >= 0.3 is 6.03 Å². The van der Waals surface area contributed by atoms with Crippen LogP contribution in [0, 0.1) is 0 Å². The highest BCUT2D eigenvalue weighted by Gasteiger charge is 2.25. The summed E-state index contributed by atoms with van der Waals surface area (Å²) in [4.78, 5) is 14.4. The van der Waals surface area contributed by atoms with Crippen molar-refractivity contribution < 1.29 is 14.3 Å². The van der Waals surface area contributed by atoms with Crippen molar-refractivity contribution in [3.63, 3.8) is 0 Å². The van der Waals surface area contributed by atoms with E-state index in [0.29, 0.717) is 42.3 Å². The largest absolute Gasteiger partial charge is 0.486 e. The van der Waals surface area contributed by atoms with Crippen LogP contribution in [0.15, 0.2) is 12.1 Å². The number of carbonyl (C=O) groups excluding carboxylic acids is 1. The molecule has 0 spiro atoms. The van der Waals surface area contributed by atoms with Crippen LogP contribution in [0.5, 0.6) is 11.5 Å². The van der Waals surface area contributed by atoms with Crippen LogP contribution in [0.1, 0.15) is 38.2 Å². The van der Waals surface area contributed by atoms with Gasteiger partial charge in [-0.3, -0.25) is 0 Å². The number of hydrogen-bond acceptors (Lipinski definition) is 3. The van der Waals surface area contributed by atoms with Gasteiger partial charge in [0.15, 0.2) is 11.5 Å². The second-order valence-electron chi connectivity index (χ2n) is 6.01. The molecule has 2 heterocycles. The molecule has 5 nitrogen and oxygen atoms in total. The Morgan fingerprint density at radius 2 is 2.17 bits per heavy atom. The molecule has 1 fully saturated rings. The topological polar surface area (TPSA) is 50.8 Å². The quantitative estimate of drug-likeness (QED) is 0.916. The number of ether oxygens (including phenoxy) is 2. The zero-order valence-corrected chi connectivity index (χ0v) is 14.2. The van der Waals surface area contributed by atoms with E-state index in [0.717, 1.165) is 31.4 Å². The molecular weight excluding hydrogens is 316 g/mol. The second-order valence-corrected chi connectivity index (χ2v) is 6.42. The van der Waals surface area contributed by atoms with Gasteiger partial charge in [0.05, 0.1) is 5.02 Å². The number of urea groups is 1. The highest BCUT2D eigenvalue weighted by Crippen LogP contribution is 2.38. The number of piperidine rings is 1. The number of fused-ring (bicyclic) bond motifs is 1. The first kappa shape index (κ1) is 16.2. The minimum absolute atomic E-state index is 0.00237. The average Bonchev–Trinajstić information content (AvgIpc) is 2.59. The van der Waals surface area contributed by atoms with E-state index in [1.165, 1.54) is 6.42 Å². The molecule has 0 aliphatic carbocycles. The Hall–Kier alpha value is -1.62. The second kappa shape index (κ2) is 7.30. The lowest BCUT2D eigenvalue weighted by Crippen LogP contribution is -2.48. The Labute approximate surface area is 141 Å². The van der Waals surface area contributed by atoms with Crippen molar-refractivity contribution in [2.45, 2.75) is 45.2 Å². The van der Waals surface area contributed by atoms with Gasteiger partial charge in [0, 0.05) is 19.1 Å². The van der Waals surface area contributed by atoms with Gasteiger partial charge in [0.25, 0.3) is 0 Å². The minimum Gasteiger partial charge on any atom is -0.486 e. The van der Waals surface area contributed by atoms with Crippen molar-refractivity contribution in [2.75, 3.05) is 19.8 Å². The van der Waals surface area contributed by atoms with E-state index in [2.05, 4.69) is 12.2 Å². The van der Waals surface area contributed by atoms with Crippen LogP contribution < -0.4 is 14.8 Å². The van der Waals surface area contributed by atoms with Gasteiger partial charge in [-0.1, -0.05) is 18.5 Å². The number of benzene rings is 1. The van der Waals surface area contributed by atoms with Crippen molar-refractivity contribution in [3.05, 3.63) is 22.7 Å². The fourth-order valence-electron chi connectivity index (χ4n) is 3.24. The zero-order chi connectivity index (χ0) is 16.2. The number of nitrogens with zero attached hydrogens (tertiary/aromatic N) is 1. The molecule has 0 bridgehead atoms. The van der Waals surface area contributed by atoms with Gasteiger partial charge in [-0.25, -0.2) is 4.79 Å². The molecule has 1 aromatic carbocycles. The third kappa shape index (κ3) is 3.66. The fraction of sp³-hybridized carbons (Fsp3) is 0.588. The molecule has 0 radical (unpaired) electrons. The Morgan fingerprint density at radius 3 is 3.00 bits per heavy atom. The molecule has 1 atom stereocenters. The number of amides is 2. The first-order chi connectivity index (χ1) is 11.2. The van der Waals surface area contributed by atoms with E-state index in [9.17, 15) is 4.79 Å². The molecular formula is C17H23ClN2O3. The lowest BCUT2D eigenvalue weighted by molar-refractivity contribution is 0.148. The summed E-state index contributed by atoms with van der Waals surface area (Å²) in [6, 6.07) is 4.06. The monoisotopic (exact) mass is 338 g/mol. The summed E-state index contributed by atoms with van der Waals surface area (Å²) in [7, 11) is 0. The van der Waals surface area contributed by atoms with Crippen molar-refractivity contribution in [1.29, 1.82) is 0 Å². The summed E-state index contributed by atoms with van der Waals surface area (Å²) in [6.45, 7) is 4.44. The number of rotatable bonds is 3. The number of hydrogen-bond donors (Lipinski definition) is 1. The molecule has 2 aliphatic rings. The van der Waals surface area contributed by atoms with Crippen molar-refractivity contribution in [2.24, 2.45) is 0 Å². The van der Waals surface area contributed by atoms with Crippen molar-refractivity contribution in [3.8, 4) is 11.5 Å². The highest BCUT2D eigenvalue weighted by molar-refractivity contribution is 6.32. The Morgan fingerprint density at radius 1 is 1.35 bits per heavy atom. The van der Waals surface area contributed by atoms with Crippen LogP contribution in [0.4, 0.5) is 4.79 Å². The molecule has 2 amide bonds. The Balaban J connectivity index is 1.63. The number of likely N-dealkylation sites (tertiary alicyclic amines) is 1. The van der Waals surface area contributed by atoms with Crippen LogP contribution in [-0.2, 0) is 6.54 Å². The molecule has 3 rings (SSSR count). The SMILES string of the molecule is CCC1CCCCN1C(=O)NCc1cc(Cl)c2c(c1)OCCO2. The van der Waals surface area contributed by atoms with Gasteiger partial charge < -0.3 is 19.7 Å². The van der Waals surface area contributed by atoms with E-state index < -0.39 is 0 Å². The summed E-state index contributed by atoms with van der Waals surface area (Å²) in [5.74, 6) is 1.24. The predicted molar refractivity (Wildman–Crippen MR) is 89.3 cm³/mol. The first-order valence-electron chi connectivity index (χ1n) is 8.31. The maximum Gasteiger partial charge on any atom is 0.317 e. The third-order valence-electron chi connectivity index (χ3n) is 4.46. The van der Waals surface area contributed by atoms with E-state index in [1.54, 1.807) is 0 Å². The summed E-state index contributed by atoms with van der Waals surface area (Å²) in [5.41, 5.74) is 0.914. The van der Waals surface area contributed by atoms with E-state index in [1.807, 2.05) is 17.0 Å². The van der Waals surface area contributed by atoms with Crippen LogP contribution in [-0.4, -0.2) is 36.7 Å². The summed E-state index contributed by atoms with van der Waals surface area (Å²) in [6.07, 6.45) is 4.39. The van der Waals surface area contributed by atoms with Gasteiger partial charge in [0.1, 0.15) is 13.2 Å². The van der Waals surface area contributed by atoms with Gasteiger partial charge in [0.2, 0.25) is 0 Å². The lowest BCUT2D eigenvalue weighted by Gasteiger charge is -2.35. The molecule has 1 saturated heterocycles. The Kier molecular flexibility index (Phi) is 5.16. The van der Waals surface area contributed by atoms with Gasteiger partial charge in [-0.15, -0.1) is 0 Å². The normalized spacial score (nSPS) is 20.3. The summed E-state index contributed by atoms with van der Waals surface area (Å²) >= 11 is 6.23. The molecule has 0 saturated carbocycles. The van der Waals surface area contributed by atoms with Crippen LogP contribution >= 0.6 is 11.6 Å². The van der Waals surface area contributed by atoms with Gasteiger partial charge in [-0.05, 0) is 43.4 Å². The molecule has 0 aromatic heterocycles. The maximum atomic E-state index is 12.4. The zero-order valence-electron chi connectivity index (χ0n) is 13.4. The maximum absolute atomic E-state index is 12.4.